The monoisotopic (exact) mass is 270 g/mol. The number of aromatic carboxylic acids is 1. The Kier molecular flexibility index (Phi) is 2.42. The van der Waals surface area contributed by atoms with Crippen LogP contribution in [0.4, 0.5) is 5.82 Å². The van der Waals surface area contributed by atoms with Crippen molar-refractivity contribution >= 4 is 27.7 Å². The number of aromatic nitrogens is 1. The second-order valence-electron chi connectivity index (χ2n) is 4.05. The number of nitrogens with one attached hydrogen (secondary N) is 1. The van der Waals surface area contributed by atoms with Crippen molar-refractivity contribution in [1.82, 2.24) is 4.98 Å². The number of rotatable bonds is 3. The van der Waals surface area contributed by atoms with Crippen LogP contribution in [-0.2, 0) is 0 Å². The van der Waals surface area contributed by atoms with Gasteiger partial charge in [0.1, 0.15) is 5.82 Å². The lowest BCUT2D eigenvalue weighted by Gasteiger charge is -2.13. The number of pyridine rings is 1. The minimum absolute atomic E-state index is 0.139. The third kappa shape index (κ3) is 2.28. The molecule has 2 rings (SSSR count). The van der Waals surface area contributed by atoms with Gasteiger partial charge in [-0.25, -0.2) is 9.78 Å². The molecule has 0 unspecified atom stereocenters. The first-order valence-electron chi connectivity index (χ1n) is 4.67. The van der Waals surface area contributed by atoms with Crippen LogP contribution in [0.15, 0.2) is 16.7 Å². The topological polar surface area (TPSA) is 62.2 Å². The first kappa shape index (κ1) is 10.4. The van der Waals surface area contributed by atoms with Crippen molar-refractivity contribution in [3.63, 3.8) is 0 Å². The summed E-state index contributed by atoms with van der Waals surface area (Å²) in [5.74, 6) is -0.257. The van der Waals surface area contributed by atoms with E-state index in [0.717, 1.165) is 12.8 Å². The average molecular weight is 271 g/mol. The van der Waals surface area contributed by atoms with Crippen LogP contribution in [0.1, 0.15) is 30.1 Å². The van der Waals surface area contributed by atoms with Crippen LogP contribution in [0, 0.1) is 0 Å². The summed E-state index contributed by atoms with van der Waals surface area (Å²) in [7, 11) is 0. The minimum atomic E-state index is -0.965. The summed E-state index contributed by atoms with van der Waals surface area (Å²) in [5, 5.41) is 12.0. The van der Waals surface area contributed by atoms with E-state index in [1.807, 2.05) is 0 Å². The third-order valence-electron chi connectivity index (χ3n) is 2.51. The number of carboxylic acid groups (broad SMARTS) is 1. The molecule has 0 amide bonds. The zero-order chi connectivity index (χ0) is 11.1. The molecule has 0 bridgehead atoms. The standard InChI is InChI=1S/C10H11BrN2O2/c1-10(2-3-10)13-8-7(11)4-6(5-12-8)9(14)15/h4-5H,2-3H2,1H3,(H,12,13)(H,14,15). The molecule has 1 aliphatic carbocycles. The maximum absolute atomic E-state index is 10.7. The number of anilines is 1. The number of carboxylic acids is 1. The van der Waals surface area contributed by atoms with Crippen LogP contribution in [0.25, 0.3) is 0 Å². The Morgan fingerprint density at radius 2 is 2.33 bits per heavy atom. The molecule has 1 fully saturated rings. The molecule has 1 aromatic heterocycles. The van der Waals surface area contributed by atoms with Gasteiger partial charge in [-0.2, -0.15) is 0 Å². The van der Waals surface area contributed by atoms with E-state index in [2.05, 4.69) is 33.2 Å². The summed E-state index contributed by atoms with van der Waals surface area (Å²) in [5.41, 5.74) is 0.327. The van der Waals surface area contributed by atoms with E-state index in [9.17, 15) is 4.79 Å². The van der Waals surface area contributed by atoms with E-state index in [1.165, 1.54) is 6.20 Å². The first-order valence-corrected chi connectivity index (χ1v) is 5.46. The fourth-order valence-corrected chi connectivity index (χ4v) is 1.69. The number of nitrogens with zero attached hydrogens (tertiary/aromatic N) is 1. The van der Waals surface area contributed by atoms with Gasteiger partial charge in [0.25, 0.3) is 0 Å². The van der Waals surface area contributed by atoms with Crippen molar-refractivity contribution in [3.8, 4) is 0 Å². The lowest BCUT2D eigenvalue weighted by atomic mass is 10.2. The molecule has 0 atom stereocenters. The Hall–Kier alpha value is -1.10. The van der Waals surface area contributed by atoms with Gasteiger partial charge < -0.3 is 10.4 Å². The number of carbonyl (C=O) groups is 1. The molecule has 0 aliphatic heterocycles. The van der Waals surface area contributed by atoms with Gasteiger partial charge in [0.15, 0.2) is 0 Å². The molecular formula is C10H11BrN2O2. The van der Waals surface area contributed by atoms with Crippen LogP contribution in [0.2, 0.25) is 0 Å². The van der Waals surface area contributed by atoms with Gasteiger partial charge in [-0.1, -0.05) is 0 Å². The second-order valence-corrected chi connectivity index (χ2v) is 4.90. The maximum atomic E-state index is 10.7. The smallest absolute Gasteiger partial charge is 0.337 e. The van der Waals surface area contributed by atoms with Crippen LogP contribution in [0.3, 0.4) is 0 Å². The largest absolute Gasteiger partial charge is 0.478 e. The number of hydrogen-bond acceptors (Lipinski definition) is 3. The number of hydrogen-bond donors (Lipinski definition) is 2. The molecule has 0 aromatic carbocycles. The van der Waals surface area contributed by atoms with E-state index in [4.69, 9.17) is 5.11 Å². The minimum Gasteiger partial charge on any atom is -0.478 e. The molecule has 0 saturated heterocycles. The lowest BCUT2D eigenvalue weighted by molar-refractivity contribution is 0.0696. The Balaban J connectivity index is 2.22. The molecule has 80 valence electrons. The van der Waals surface area contributed by atoms with Crippen LogP contribution in [0.5, 0.6) is 0 Å². The van der Waals surface area contributed by atoms with Crippen molar-refractivity contribution in [2.24, 2.45) is 0 Å². The molecule has 5 heteroatoms. The Bertz CT molecular complexity index is 416. The SMILES string of the molecule is CC1(Nc2ncc(C(=O)O)cc2Br)CC1. The summed E-state index contributed by atoms with van der Waals surface area (Å²) in [6, 6.07) is 1.56. The normalized spacial score (nSPS) is 17.2. The van der Waals surface area contributed by atoms with Crippen molar-refractivity contribution in [1.29, 1.82) is 0 Å². The summed E-state index contributed by atoms with van der Waals surface area (Å²) in [4.78, 5) is 14.8. The maximum Gasteiger partial charge on any atom is 0.337 e. The van der Waals surface area contributed by atoms with E-state index in [-0.39, 0.29) is 11.1 Å². The summed E-state index contributed by atoms with van der Waals surface area (Å²) in [6.45, 7) is 2.12. The van der Waals surface area contributed by atoms with Crippen LogP contribution >= 0.6 is 15.9 Å². The Morgan fingerprint density at radius 3 is 2.80 bits per heavy atom. The molecule has 0 spiro atoms. The van der Waals surface area contributed by atoms with E-state index in [1.54, 1.807) is 6.07 Å². The van der Waals surface area contributed by atoms with Gasteiger partial charge in [-0.05, 0) is 41.8 Å². The fourth-order valence-electron chi connectivity index (χ4n) is 1.25. The highest BCUT2D eigenvalue weighted by atomic mass is 79.9. The highest BCUT2D eigenvalue weighted by Gasteiger charge is 2.37. The van der Waals surface area contributed by atoms with Crippen molar-refractivity contribution in [3.05, 3.63) is 22.3 Å². The van der Waals surface area contributed by atoms with Gasteiger partial charge in [0.2, 0.25) is 0 Å². The molecule has 1 saturated carbocycles. The zero-order valence-corrected chi connectivity index (χ0v) is 9.84. The second kappa shape index (κ2) is 3.48. The summed E-state index contributed by atoms with van der Waals surface area (Å²) < 4.78 is 0.690. The molecule has 0 radical (unpaired) electrons. The van der Waals surface area contributed by atoms with Crippen molar-refractivity contribution < 1.29 is 9.90 Å². The van der Waals surface area contributed by atoms with Crippen molar-refractivity contribution in [2.75, 3.05) is 5.32 Å². The quantitative estimate of drug-likeness (QED) is 0.886. The third-order valence-corrected chi connectivity index (χ3v) is 3.11. The van der Waals surface area contributed by atoms with Crippen molar-refractivity contribution in [2.45, 2.75) is 25.3 Å². The van der Waals surface area contributed by atoms with E-state index >= 15 is 0 Å². The lowest BCUT2D eigenvalue weighted by Crippen LogP contribution is -2.17. The molecule has 15 heavy (non-hydrogen) atoms. The van der Waals surface area contributed by atoms with Gasteiger partial charge in [-0.15, -0.1) is 0 Å². The summed E-state index contributed by atoms with van der Waals surface area (Å²) in [6.07, 6.45) is 3.62. The van der Waals surface area contributed by atoms with Gasteiger partial charge >= 0.3 is 5.97 Å². The van der Waals surface area contributed by atoms with Crippen LogP contribution in [-0.4, -0.2) is 21.6 Å². The zero-order valence-electron chi connectivity index (χ0n) is 8.25. The highest BCUT2D eigenvalue weighted by Crippen LogP contribution is 2.39. The van der Waals surface area contributed by atoms with Gasteiger partial charge in [0, 0.05) is 11.7 Å². The predicted molar refractivity (Wildman–Crippen MR) is 60.2 cm³/mol. The highest BCUT2D eigenvalue weighted by molar-refractivity contribution is 9.10. The fraction of sp³-hybridized carbons (Fsp3) is 0.400. The molecule has 1 aliphatic rings. The Morgan fingerprint density at radius 1 is 1.67 bits per heavy atom. The molecule has 1 aromatic rings. The predicted octanol–water partition coefficient (Wildman–Crippen LogP) is 2.51. The van der Waals surface area contributed by atoms with Crippen LogP contribution < -0.4 is 5.32 Å². The molecule has 1 heterocycles. The summed E-state index contributed by atoms with van der Waals surface area (Å²) >= 11 is 3.31. The molecule has 2 N–H and O–H groups in total. The molecular weight excluding hydrogens is 260 g/mol. The van der Waals surface area contributed by atoms with E-state index in [0.29, 0.717) is 10.3 Å². The van der Waals surface area contributed by atoms with Gasteiger partial charge in [-0.3, -0.25) is 0 Å². The first-order chi connectivity index (χ1) is 7.00. The average Bonchev–Trinajstić information content (AvgIpc) is 2.87. The Labute approximate surface area is 95.8 Å². The van der Waals surface area contributed by atoms with E-state index < -0.39 is 5.97 Å². The van der Waals surface area contributed by atoms with Gasteiger partial charge in [0.05, 0.1) is 10.0 Å². The molecule has 4 nitrogen and oxygen atoms in total. The number of halogens is 1.